The minimum atomic E-state index is -0.301. The van der Waals surface area contributed by atoms with Crippen LogP contribution in [0.1, 0.15) is 13.8 Å². The van der Waals surface area contributed by atoms with Gasteiger partial charge in [0.05, 0.1) is 22.5 Å². The smallest absolute Gasteiger partial charge is 0.139 e. The number of nitrogens with two attached hydrogens (primary N) is 1. The minimum Gasteiger partial charge on any atom is -0.397 e. The van der Waals surface area contributed by atoms with Crippen molar-refractivity contribution in [2.24, 2.45) is 5.92 Å². The molecule has 0 unspecified atom stereocenters. The number of methoxy groups -OCH3 is 1. The second kappa shape index (κ2) is 6.95. The van der Waals surface area contributed by atoms with Gasteiger partial charge in [-0.2, -0.15) is 0 Å². The molecule has 1 aromatic carbocycles. The van der Waals surface area contributed by atoms with Crippen molar-refractivity contribution in [3.63, 3.8) is 0 Å². The Morgan fingerprint density at radius 3 is 2.67 bits per heavy atom. The van der Waals surface area contributed by atoms with E-state index >= 15 is 0 Å². The van der Waals surface area contributed by atoms with Gasteiger partial charge in [0.15, 0.2) is 0 Å². The number of hydrogen-bond donors (Lipinski definition) is 1. The highest BCUT2D eigenvalue weighted by atomic mass is 79.9. The van der Waals surface area contributed by atoms with Crippen LogP contribution >= 0.6 is 15.9 Å². The number of rotatable bonds is 6. The zero-order valence-corrected chi connectivity index (χ0v) is 12.6. The Hall–Kier alpha value is -0.810. The first-order valence-corrected chi connectivity index (χ1v) is 6.73. The van der Waals surface area contributed by atoms with Crippen LogP contribution in [0.2, 0.25) is 0 Å². The van der Waals surface area contributed by atoms with Gasteiger partial charge in [0, 0.05) is 26.3 Å². The molecule has 0 aliphatic rings. The molecule has 5 heteroatoms. The number of nitrogens with zero attached hydrogens (tertiary/aromatic N) is 1. The second-order valence-electron chi connectivity index (χ2n) is 4.66. The lowest BCUT2D eigenvalue weighted by Crippen LogP contribution is -2.31. The fourth-order valence-electron chi connectivity index (χ4n) is 1.78. The number of anilines is 2. The van der Waals surface area contributed by atoms with Gasteiger partial charge in [-0.15, -0.1) is 0 Å². The largest absolute Gasteiger partial charge is 0.397 e. The maximum atomic E-state index is 13.6. The van der Waals surface area contributed by atoms with Crippen LogP contribution in [0.5, 0.6) is 0 Å². The molecule has 0 amide bonds. The number of nitrogen functional groups attached to an aromatic ring is 1. The molecule has 1 aromatic rings. The first-order chi connectivity index (χ1) is 8.45. The molecule has 0 heterocycles. The van der Waals surface area contributed by atoms with Gasteiger partial charge in [-0.1, -0.05) is 13.8 Å². The van der Waals surface area contributed by atoms with E-state index in [0.717, 1.165) is 12.2 Å². The molecule has 0 bridgehead atoms. The zero-order valence-electron chi connectivity index (χ0n) is 11.0. The summed E-state index contributed by atoms with van der Waals surface area (Å²) in [5, 5.41) is 0. The van der Waals surface area contributed by atoms with Crippen LogP contribution in [-0.4, -0.2) is 26.8 Å². The first-order valence-electron chi connectivity index (χ1n) is 5.94. The van der Waals surface area contributed by atoms with Crippen molar-refractivity contribution >= 4 is 27.3 Å². The third kappa shape index (κ3) is 4.14. The quantitative estimate of drug-likeness (QED) is 0.818. The molecule has 0 aliphatic carbocycles. The summed E-state index contributed by atoms with van der Waals surface area (Å²) in [6.45, 7) is 6.33. The molecule has 18 heavy (non-hydrogen) atoms. The Morgan fingerprint density at radius 2 is 2.11 bits per heavy atom. The van der Waals surface area contributed by atoms with Gasteiger partial charge in [0.25, 0.3) is 0 Å². The van der Waals surface area contributed by atoms with Crippen molar-refractivity contribution in [1.82, 2.24) is 0 Å². The summed E-state index contributed by atoms with van der Waals surface area (Å²) in [4.78, 5) is 2.05. The second-order valence-corrected chi connectivity index (χ2v) is 5.51. The van der Waals surface area contributed by atoms with Crippen molar-refractivity contribution in [3.05, 3.63) is 22.4 Å². The summed E-state index contributed by atoms with van der Waals surface area (Å²) in [6, 6.07) is 3.07. The number of halogens is 2. The van der Waals surface area contributed by atoms with E-state index in [9.17, 15) is 4.39 Å². The molecular weight excluding hydrogens is 299 g/mol. The van der Waals surface area contributed by atoms with E-state index in [1.54, 1.807) is 13.2 Å². The van der Waals surface area contributed by atoms with Gasteiger partial charge in [-0.25, -0.2) is 4.39 Å². The van der Waals surface area contributed by atoms with E-state index in [1.807, 2.05) is 0 Å². The highest BCUT2D eigenvalue weighted by molar-refractivity contribution is 9.10. The van der Waals surface area contributed by atoms with Crippen LogP contribution in [-0.2, 0) is 4.74 Å². The van der Waals surface area contributed by atoms with E-state index in [4.69, 9.17) is 10.5 Å². The third-order valence-electron chi connectivity index (χ3n) is 2.56. The molecule has 0 aliphatic heterocycles. The van der Waals surface area contributed by atoms with Gasteiger partial charge in [-0.05, 0) is 27.9 Å². The highest BCUT2D eigenvalue weighted by Crippen LogP contribution is 2.29. The Morgan fingerprint density at radius 1 is 1.44 bits per heavy atom. The maximum absolute atomic E-state index is 13.6. The standard InChI is InChI=1S/C13H20BrFN2O/c1-9(2)8-17(4-5-18-3)13-7-11(15)10(14)6-12(13)16/h6-7,9H,4-5,8,16H2,1-3H3. The third-order valence-corrected chi connectivity index (χ3v) is 3.17. The lowest BCUT2D eigenvalue weighted by molar-refractivity contribution is 0.204. The summed E-state index contributed by atoms with van der Waals surface area (Å²) in [6.07, 6.45) is 0. The lowest BCUT2D eigenvalue weighted by Gasteiger charge is -2.27. The maximum Gasteiger partial charge on any atom is 0.139 e. The predicted molar refractivity (Wildman–Crippen MR) is 77.4 cm³/mol. The Bertz CT molecular complexity index is 399. The van der Waals surface area contributed by atoms with Crippen molar-refractivity contribution in [2.75, 3.05) is 37.4 Å². The van der Waals surface area contributed by atoms with E-state index in [-0.39, 0.29) is 5.82 Å². The van der Waals surface area contributed by atoms with Crippen LogP contribution in [0, 0.1) is 11.7 Å². The fourth-order valence-corrected chi connectivity index (χ4v) is 2.14. The van der Waals surface area contributed by atoms with Crippen molar-refractivity contribution in [3.8, 4) is 0 Å². The average molecular weight is 319 g/mol. The molecule has 102 valence electrons. The normalized spacial score (nSPS) is 11.0. The lowest BCUT2D eigenvalue weighted by atomic mass is 10.1. The first kappa shape index (κ1) is 15.2. The van der Waals surface area contributed by atoms with Crippen LogP contribution in [0.4, 0.5) is 15.8 Å². The minimum absolute atomic E-state index is 0.301. The zero-order chi connectivity index (χ0) is 13.7. The SMILES string of the molecule is COCCN(CC(C)C)c1cc(F)c(Br)cc1N. The number of hydrogen-bond acceptors (Lipinski definition) is 3. The highest BCUT2D eigenvalue weighted by Gasteiger charge is 2.14. The molecule has 0 saturated carbocycles. The molecule has 0 atom stereocenters. The molecule has 0 aromatic heterocycles. The van der Waals surface area contributed by atoms with E-state index < -0.39 is 0 Å². The molecule has 0 radical (unpaired) electrons. The molecule has 2 N–H and O–H groups in total. The van der Waals surface area contributed by atoms with Gasteiger partial charge < -0.3 is 15.4 Å². The van der Waals surface area contributed by atoms with Crippen molar-refractivity contribution < 1.29 is 9.13 Å². The Kier molecular flexibility index (Phi) is 5.88. The Balaban J connectivity index is 2.99. The van der Waals surface area contributed by atoms with Crippen molar-refractivity contribution in [1.29, 1.82) is 0 Å². The summed E-state index contributed by atoms with van der Waals surface area (Å²) in [5.74, 6) is 0.165. The summed E-state index contributed by atoms with van der Waals surface area (Å²) >= 11 is 3.13. The van der Waals surface area contributed by atoms with Gasteiger partial charge in [-0.3, -0.25) is 0 Å². The van der Waals surface area contributed by atoms with Crippen LogP contribution < -0.4 is 10.6 Å². The number of benzene rings is 1. The van der Waals surface area contributed by atoms with Gasteiger partial charge in [0.1, 0.15) is 5.82 Å². The summed E-state index contributed by atoms with van der Waals surface area (Å²) < 4.78 is 19.1. The van der Waals surface area contributed by atoms with Crippen molar-refractivity contribution in [2.45, 2.75) is 13.8 Å². The molecule has 0 spiro atoms. The molecule has 3 nitrogen and oxygen atoms in total. The molecule has 1 rings (SSSR count). The van der Waals surface area contributed by atoms with E-state index in [0.29, 0.717) is 29.2 Å². The molecular formula is C13H20BrFN2O. The van der Waals surface area contributed by atoms with E-state index in [2.05, 4.69) is 34.7 Å². The summed E-state index contributed by atoms with van der Waals surface area (Å²) in [7, 11) is 1.65. The predicted octanol–water partition coefficient (Wildman–Crippen LogP) is 3.28. The van der Waals surface area contributed by atoms with Crippen LogP contribution in [0.3, 0.4) is 0 Å². The van der Waals surface area contributed by atoms with E-state index in [1.165, 1.54) is 6.07 Å². The fraction of sp³-hybridized carbons (Fsp3) is 0.538. The topological polar surface area (TPSA) is 38.5 Å². The van der Waals surface area contributed by atoms with Crippen LogP contribution in [0.25, 0.3) is 0 Å². The summed E-state index contributed by atoms with van der Waals surface area (Å²) in [5.41, 5.74) is 7.25. The Labute approximate surface area is 116 Å². The molecule has 0 saturated heterocycles. The van der Waals surface area contributed by atoms with Crippen LogP contribution in [0.15, 0.2) is 16.6 Å². The van der Waals surface area contributed by atoms with Gasteiger partial charge >= 0.3 is 0 Å². The average Bonchev–Trinajstić information content (AvgIpc) is 2.29. The monoisotopic (exact) mass is 318 g/mol. The number of ether oxygens (including phenoxy) is 1. The van der Waals surface area contributed by atoms with Gasteiger partial charge in [0.2, 0.25) is 0 Å². The molecule has 0 fully saturated rings.